The number of pyridine rings is 1. The number of morpholine rings is 1. The normalized spacial score (nSPS) is 16.6. The van der Waals surface area contributed by atoms with Crippen LogP contribution < -0.4 is 4.90 Å². The number of aromatic nitrogens is 4. The lowest BCUT2D eigenvalue weighted by Gasteiger charge is -2.26. The van der Waals surface area contributed by atoms with Gasteiger partial charge in [-0.05, 0) is 6.07 Å². The first kappa shape index (κ1) is 9.41. The van der Waals surface area contributed by atoms with Crippen molar-refractivity contribution in [2.45, 2.75) is 0 Å². The van der Waals surface area contributed by atoms with Crippen LogP contribution in [0.5, 0.6) is 0 Å². The average molecular weight is 217 g/mol. The minimum absolute atomic E-state index is 0.669. The Morgan fingerprint density at radius 2 is 2.00 bits per heavy atom. The van der Waals surface area contributed by atoms with E-state index >= 15 is 0 Å². The molecule has 6 nitrogen and oxygen atoms in total. The van der Waals surface area contributed by atoms with Crippen molar-refractivity contribution in [1.29, 1.82) is 0 Å². The molecule has 0 spiro atoms. The average Bonchev–Trinajstić information content (AvgIpc) is 2.39. The molecule has 0 unspecified atom stereocenters. The van der Waals surface area contributed by atoms with Crippen LogP contribution in [0.3, 0.4) is 0 Å². The van der Waals surface area contributed by atoms with Gasteiger partial charge in [-0.1, -0.05) is 0 Å². The van der Waals surface area contributed by atoms with Gasteiger partial charge in [-0.2, -0.15) is 0 Å². The third kappa shape index (κ3) is 1.67. The van der Waals surface area contributed by atoms with Crippen LogP contribution in [0.15, 0.2) is 18.5 Å². The van der Waals surface area contributed by atoms with Crippen molar-refractivity contribution >= 4 is 17.0 Å². The van der Waals surface area contributed by atoms with Crippen LogP contribution in [-0.4, -0.2) is 46.5 Å². The van der Waals surface area contributed by atoms with E-state index < -0.39 is 0 Å². The van der Waals surface area contributed by atoms with E-state index in [2.05, 4.69) is 25.1 Å². The van der Waals surface area contributed by atoms with Gasteiger partial charge in [0.05, 0.1) is 24.9 Å². The van der Waals surface area contributed by atoms with Crippen LogP contribution in [-0.2, 0) is 4.74 Å². The summed E-state index contributed by atoms with van der Waals surface area (Å²) >= 11 is 0. The summed E-state index contributed by atoms with van der Waals surface area (Å²) in [6.07, 6.45) is 3.37. The Morgan fingerprint density at radius 3 is 2.88 bits per heavy atom. The molecule has 0 amide bonds. The summed E-state index contributed by atoms with van der Waals surface area (Å²) in [7, 11) is 0. The number of fused-ring (bicyclic) bond motifs is 1. The van der Waals surface area contributed by atoms with Gasteiger partial charge in [-0.25, -0.2) is 4.98 Å². The second-order valence-electron chi connectivity index (χ2n) is 3.58. The number of hydrogen-bond acceptors (Lipinski definition) is 6. The molecule has 3 heterocycles. The van der Waals surface area contributed by atoms with Crippen molar-refractivity contribution < 1.29 is 4.74 Å². The zero-order chi connectivity index (χ0) is 10.8. The van der Waals surface area contributed by atoms with Crippen molar-refractivity contribution in [1.82, 2.24) is 20.2 Å². The highest BCUT2D eigenvalue weighted by Gasteiger charge is 2.14. The molecule has 2 aromatic heterocycles. The van der Waals surface area contributed by atoms with Crippen molar-refractivity contribution in [2.24, 2.45) is 0 Å². The van der Waals surface area contributed by atoms with E-state index in [-0.39, 0.29) is 0 Å². The smallest absolute Gasteiger partial charge is 0.246 e. The topological polar surface area (TPSA) is 64.0 Å². The largest absolute Gasteiger partial charge is 0.378 e. The lowest BCUT2D eigenvalue weighted by molar-refractivity contribution is 0.122. The van der Waals surface area contributed by atoms with Gasteiger partial charge in [0.25, 0.3) is 0 Å². The first-order chi connectivity index (χ1) is 7.93. The third-order valence-corrected chi connectivity index (χ3v) is 2.54. The molecule has 1 saturated heterocycles. The summed E-state index contributed by atoms with van der Waals surface area (Å²) in [5, 5.41) is 8.20. The highest BCUT2D eigenvalue weighted by atomic mass is 16.5. The molecule has 3 rings (SSSR count). The fourth-order valence-corrected chi connectivity index (χ4v) is 1.68. The lowest BCUT2D eigenvalue weighted by Crippen LogP contribution is -2.37. The molecule has 6 heteroatoms. The van der Waals surface area contributed by atoms with Crippen molar-refractivity contribution in [3.05, 3.63) is 18.5 Å². The van der Waals surface area contributed by atoms with E-state index in [9.17, 15) is 0 Å². The molecule has 0 atom stereocenters. The molecule has 1 aliphatic heterocycles. The van der Waals surface area contributed by atoms with Crippen LogP contribution in [0.1, 0.15) is 0 Å². The molecule has 2 aromatic rings. The number of hydrogen-bond donors (Lipinski definition) is 0. The summed E-state index contributed by atoms with van der Waals surface area (Å²) in [4.78, 5) is 10.5. The Hall–Kier alpha value is -1.82. The summed E-state index contributed by atoms with van der Waals surface area (Å²) in [6.45, 7) is 3.08. The number of rotatable bonds is 1. The maximum absolute atomic E-state index is 5.28. The quantitative estimate of drug-likeness (QED) is 0.682. The molecule has 0 bridgehead atoms. The molecule has 16 heavy (non-hydrogen) atoms. The molecule has 0 saturated carbocycles. The third-order valence-electron chi connectivity index (χ3n) is 2.54. The van der Waals surface area contributed by atoms with Crippen LogP contribution in [0.25, 0.3) is 11.0 Å². The standard InChI is InChI=1S/C10H11N5O/c1-2-11-7-9-8(1)12-10(14-13-9)15-3-5-16-6-4-15/h1-2,7H,3-6H2. The summed E-state index contributed by atoms with van der Waals surface area (Å²) in [5.74, 6) is 0.669. The fourth-order valence-electron chi connectivity index (χ4n) is 1.68. The molecule has 0 aliphatic carbocycles. The van der Waals surface area contributed by atoms with Gasteiger partial charge in [0.1, 0.15) is 5.52 Å². The van der Waals surface area contributed by atoms with Crippen LogP contribution in [0.2, 0.25) is 0 Å². The van der Waals surface area contributed by atoms with Crippen LogP contribution in [0.4, 0.5) is 5.95 Å². The van der Waals surface area contributed by atoms with Gasteiger partial charge in [-0.3, -0.25) is 4.98 Å². The predicted molar refractivity (Wildman–Crippen MR) is 58.2 cm³/mol. The first-order valence-corrected chi connectivity index (χ1v) is 5.20. The number of anilines is 1. The molecule has 82 valence electrons. The highest BCUT2D eigenvalue weighted by Crippen LogP contribution is 2.12. The molecular formula is C10H11N5O. The first-order valence-electron chi connectivity index (χ1n) is 5.20. The van der Waals surface area contributed by atoms with Crippen molar-refractivity contribution in [3.8, 4) is 0 Å². The second-order valence-corrected chi connectivity index (χ2v) is 3.58. The van der Waals surface area contributed by atoms with Crippen molar-refractivity contribution in [2.75, 3.05) is 31.2 Å². The zero-order valence-corrected chi connectivity index (χ0v) is 8.70. The molecule has 1 fully saturated rings. The van der Waals surface area contributed by atoms with Crippen molar-refractivity contribution in [3.63, 3.8) is 0 Å². The minimum Gasteiger partial charge on any atom is -0.378 e. The Balaban J connectivity index is 1.97. The molecule has 0 aromatic carbocycles. The minimum atomic E-state index is 0.669. The predicted octanol–water partition coefficient (Wildman–Crippen LogP) is 0.256. The fraction of sp³-hybridized carbons (Fsp3) is 0.400. The van der Waals surface area contributed by atoms with Gasteiger partial charge in [0.15, 0.2) is 0 Å². The highest BCUT2D eigenvalue weighted by molar-refractivity contribution is 5.72. The Bertz CT molecular complexity index is 497. The molecular weight excluding hydrogens is 206 g/mol. The van der Waals surface area contributed by atoms with Gasteiger partial charge in [-0.15, -0.1) is 10.2 Å². The Morgan fingerprint density at radius 1 is 1.12 bits per heavy atom. The zero-order valence-electron chi connectivity index (χ0n) is 8.70. The van der Waals surface area contributed by atoms with E-state index in [4.69, 9.17) is 4.74 Å². The number of nitrogens with zero attached hydrogens (tertiary/aromatic N) is 5. The molecule has 0 radical (unpaired) electrons. The van der Waals surface area contributed by atoms with E-state index in [0.29, 0.717) is 5.95 Å². The van der Waals surface area contributed by atoms with Gasteiger partial charge in [0, 0.05) is 19.3 Å². The van der Waals surface area contributed by atoms with Gasteiger partial charge in [0.2, 0.25) is 5.95 Å². The SMILES string of the molecule is c1cc2nc(N3CCOCC3)nnc2cn1. The molecule has 1 aliphatic rings. The molecule has 0 N–H and O–H groups in total. The van der Waals surface area contributed by atoms with E-state index in [0.717, 1.165) is 37.3 Å². The Kier molecular flexibility index (Phi) is 2.34. The van der Waals surface area contributed by atoms with Crippen LogP contribution >= 0.6 is 0 Å². The number of ether oxygens (including phenoxy) is 1. The van der Waals surface area contributed by atoms with E-state index in [1.807, 2.05) is 6.07 Å². The summed E-state index contributed by atoms with van der Waals surface area (Å²) in [6, 6.07) is 1.84. The maximum atomic E-state index is 5.28. The van der Waals surface area contributed by atoms with Crippen LogP contribution in [0, 0.1) is 0 Å². The maximum Gasteiger partial charge on any atom is 0.246 e. The summed E-state index contributed by atoms with van der Waals surface area (Å²) < 4.78 is 5.28. The van der Waals surface area contributed by atoms with Gasteiger partial charge < -0.3 is 9.64 Å². The monoisotopic (exact) mass is 217 g/mol. The summed E-state index contributed by atoms with van der Waals surface area (Å²) in [5.41, 5.74) is 1.55. The van der Waals surface area contributed by atoms with E-state index in [1.54, 1.807) is 12.4 Å². The Labute approximate surface area is 92.3 Å². The van der Waals surface area contributed by atoms with E-state index in [1.165, 1.54) is 0 Å². The van der Waals surface area contributed by atoms with Gasteiger partial charge >= 0.3 is 0 Å². The lowest BCUT2D eigenvalue weighted by atomic mass is 10.4. The second kappa shape index (κ2) is 3.97.